The lowest BCUT2D eigenvalue weighted by Gasteiger charge is -2.30. The van der Waals surface area contributed by atoms with Gasteiger partial charge in [-0.15, -0.1) is 0 Å². The molecule has 3 rings (SSSR count). The second-order valence-electron chi connectivity index (χ2n) is 6.69. The minimum atomic E-state index is -0.644. The number of amides is 2. The molecule has 1 heterocycles. The van der Waals surface area contributed by atoms with Crippen molar-refractivity contribution in [3.05, 3.63) is 66.2 Å². The van der Waals surface area contributed by atoms with E-state index in [4.69, 9.17) is 9.47 Å². The highest BCUT2D eigenvalue weighted by molar-refractivity contribution is 5.95. The zero-order valence-corrected chi connectivity index (χ0v) is 16.0. The first-order valence-corrected chi connectivity index (χ1v) is 9.20. The molecule has 0 saturated heterocycles. The summed E-state index contributed by atoms with van der Waals surface area (Å²) in [6, 6.07) is 16.3. The number of fused-ring (bicyclic) bond motifs is 1. The predicted molar refractivity (Wildman–Crippen MR) is 107 cm³/mol. The van der Waals surface area contributed by atoms with Crippen LogP contribution in [0.3, 0.4) is 0 Å². The highest BCUT2D eigenvalue weighted by Crippen LogP contribution is 2.30. The summed E-state index contributed by atoms with van der Waals surface area (Å²) in [4.78, 5) is 26.2. The molecule has 2 atom stereocenters. The third-order valence-corrected chi connectivity index (χ3v) is 4.38. The van der Waals surface area contributed by atoms with Crippen LogP contribution in [-0.4, -0.2) is 49.1 Å². The van der Waals surface area contributed by atoms with Gasteiger partial charge in [0.05, 0.1) is 6.54 Å². The molecule has 2 aromatic rings. The number of para-hydroxylation sites is 2. The maximum atomic E-state index is 12.6. The van der Waals surface area contributed by atoms with Crippen LogP contribution >= 0.6 is 0 Å². The molecule has 1 aliphatic rings. The van der Waals surface area contributed by atoms with Crippen molar-refractivity contribution in [2.45, 2.75) is 19.1 Å². The molecule has 2 aromatic carbocycles. The number of hydrogen-bond donors (Lipinski definition) is 1. The van der Waals surface area contributed by atoms with E-state index in [1.807, 2.05) is 54.6 Å². The molecule has 0 saturated carbocycles. The van der Waals surface area contributed by atoms with Crippen molar-refractivity contribution in [3.8, 4) is 11.5 Å². The number of carbonyl (C=O) groups excluding carboxylic acids is 2. The molecule has 146 valence electrons. The van der Waals surface area contributed by atoms with Gasteiger partial charge in [-0.05, 0) is 30.7 Å². The fraction of sp³-hybridized carbons (Fsp3) is 0.273. The van der Waals surface area contributed by atoms with E-state index < -0.39 is 6.04 Å². The van der Waals surface area contributed by atoms with E-state index in [1.54, 1.807) is 24.9 Å². The van der Waals surface area contributed by atoms with E-state index >= 15 is 0 Å². The zero-order chi connectivity index (χ0) is 19.9. The number of nitrogens with zero attached hydrogens (tertiary/aromatic N) is 1. The number of nitrogens with one attached hydrogen (secondary N) is 1. The van der Waals surface area contributed by atoms with Crippen LogP contribution in [-0.2, 0) is 9.59 Å². The van der Waals surface area contributed by atoms with Gasteiger partial charge in [0, 0.05) is 13.1 Å². The molecule has 0 fully saturated rings. The van der Waals surface area contributed by atoms with Crippen molar-refractivity contribution in [2.75, 3.05) is 20.2 Å². The van der Waals surface area contributed by atoms with Crippen LogP contribution in [0.15, 0.2) is 60.7 Å². The van der Waals surface area contributed by atoms with E-state index in [9.17, 15) is 9.59 Å². The summed E-state index contributed by atoms with van der Waals surface area (Å²) in [6.45, 7) is 2.41. The first-order valence-electron chi connectivity index (χ1n) is 9.20. The Morgan fingerprint density at radius 2 is 1.82 bits per heavy atom. The van der Waals surface area contributed by atoms with Crippen LogP contribution in [0.1, 0.15) is 12.5 Å². The molecular weight excluding hydrogens is 356 g/mol. The van der Waals surface area contributed by atoms with Gasteiger partial charge in [-0.3, -0.25) is 9.59 Å². The average Bonchev–Trinajstić information content (AvgIpc) is 2.72. The Labute approximate surface area is 164 Å². The van der Waals surface area contributed by atoms with Crippen LogP contribution in [0.4, 0.5) is 0 Å². The third kappa shape index (κ3) is 5.13. The second-order valence-corrected chi connectivity index (χ2v) is 6.69. The number of benzene rings is 2. The first-order chi connectivity index (χ1) is 13.5. The summed E-state index contributed by atoms with van der Waals surface area (Å²) in [5, 5.41) is 2.69. The smallest absolute Gasteiger partial charge is 0.244 e. The summed E-state index contributed by atoms with van der Waals surface area (Å²) in [7, 11) is 1.69. The lowest BCUT2D eigenvalue weighted by molar-refractivity contribution is -0.135. The van der Waals surface area contributed by atoms with Gasteiger partial charge in [-0.1, -0.05) is 42.5 Å². The monoisotopic (exact) mass is 380 g/mol. The standard InChI is InChI=1S/C22H24N2O4/c1-16(23-21(25)13-12-17-8-4-3-5-9-17)22(26)24(2)14-18-15-27-19-10-6-7-11-20(19)28-18/h3-13,16,18H,14-15H2,1-2H3,(H,23,25)/b13-12+. The lowest BCUT2D eigenvalue weighted by Crippen LogP contribution is -2.49. The van der Waals surface area contributed by atoms with Gasteiger partial charge in [-0.2, -0.15) is 0 Å². The summed E-state index contributed by atoms with van der Waals surface area (Å²) in [5.41, 5.74) is 0.920. The number of hydrogen-bond acceptors (Lipinski definition) is 4. The Kier molecular flexibility index (Phi) is 6.32. The van der Waals surface area contributed by atoms with Gasteiger partial charge in [0.25, 0.3) is 0 Å². The molecule has 0 bridgehead atoms. The van der Waals surface area contributed by atoms with Gasteiger partial charge < -0.3 is 19.7 Å². The van der Waals surface area contributed by atoms with Gasteiger partial charge in [0.2, 0.25) is 11.8 Å². The topological polar surface area (TPSA) is 67.9 Å². The molecule has 0 aliphatic carbocycles. The van der Waals surface area contributed by atoms with Gasteiger partial charge >= 0.3 is 0 Å². The molecule has 28 heavy (non-hydrogen) atoms. The molecular formula is C22H24N2O4. The van der Waals surface area contributed by atoms with Crippen molar-refractivity contribution in [1.29, 1.82) is 0 Å². The van der Waals surface area contributed by atoms with Crippen LogP contribution in [0.5, 0.6) is 11.5 Å². The molecule has 0 radical (unpaired) electrons. The maximum absolute atomic E-state index is 12.6. The fourth-order valence-corrected chi connectivity index (χ4v) is 2.94. The van der Waals surface area contributed by atoms with Crippen LogP contribution in [0.25, 0.3) is 6.08 Å². The van der Waals surface area contributed by atoms with Crippen molar-refractivity contribution >= 4 is 17.9 Å². The Bertz CT molecular complexity index is 851. The molecule has 0 spiro atoms. The highest BCUT2D eigenvalue weighted by atomic mass is 16.6. The van der Waals surface area contributed by atoms with Crippen LogP contribution < -0.4 is 14.8 Å². The summed E-state index contributed by atoms with van der Waals surface area (Å²) in [6.07, 6.45) is 2.87. The van der Waals surface area contributed by atoms with Crippen molar-refractivity contribution in [1.82, 2.24) is 10.2 Å². The predicted octanol–water partition coefficient (Wildman–Crippen LogP) is 2.50. The SMILES string of the molecule is CC(NC(=O)/C=C/c1ccccc1)C(=O)N(C)CC1COc2ccccc2O1. The zero-order valence-electron chi connectivity index (χ0n) is 16.0. The normalized spacial score (nSPS) is 16.4. The van der Waals surface area contributed by atoms with Gasteiger partial charge in [0.1, 0.15) is 12.6 Å². The van der Waals surface area contributed by atoms with E-state index in [0.29, 0.717) is 24.7 Å². The minimum Gasteiger partial charge on any atom is -0.486 e. The lowest BCUT2D eigenvalue weighted by atomic mass is 10.2. The highest BCUT2D eigenvalue weighted by Gasteiger charge is 2.26. The van der Waals surface area contributed by atoms with E-state index in [0.717, 1.165) is 5.56 Å². The molecule has 1 N–H and O–H groups in total. The molecule has 2 amide bonds. The second kappa shape index (κ2) is 9.08. The van der Waals surface area contributed by atoms with E-state index in [1.165, 1.54) is 6.08 Å². The Balaban J connectivity index is 1.49. The number of likely N-dealkylation sites (N-methyl/N-ethyl adjacent to an activating group) is 1. The molecule has 1 aliphatic heterocycles. The van der Waals surface area contributed by atoms with Crippen molar-refractivity contribution < 1.29 is 19.1 Å². The van der Waals surface area contributed by atoms with Crippen LogP contribution in [0.2, 0.25) is 0 Å². The summed E-state index contributed by atoms with van der Waals surface area (Å²) >= 11 is 0. The Morgan fingerprint density at radius 1 is 1.14 bits per heavy atom. The largest absolute Gasteiger partial charge is 0.486 e. The molecule has 0 aromatic heterocycles. The minimum absolute atomic E-state index is 0.191. The van der Waals surface area contributed by atoms with E-state index in [-0.39, 0.29) is 17.9 Å². The van der Waals surface area contributed by atoms with E-state index in [2.05, 4.69) is 5.32 Å². The summed E-state index contributed by atoms with van der Waals surface area (Å²) in [5.74, 6) is 0.874. The van der Waals surface area contributed by atoms with Gasteiger partial charge in [-0.25, -0.2) is 0 Å². The third-order valence-electron chi connectivity index (χ3n) is 4.38. The van der Waals surface area contributed by atoms with Gasteiger partial charge in [0.15, 0.2) is 17.6 Å². The number of ether oxygens (including phenoxy) is 2. The van der Waals surface area contributed by atoms with Crippen molar-refractivity contribution in [2.24, 2.45) is 0 Å². The fourth-order valence-electron chi connectivity index (χ4n) is 2.94. The first kappa shape index (κ1) is 19.5. The van der Waals surface area contributed by atoms with Crippen molar-refractivity contribution in [3.63, 3.8) is 0 Å². The Hall–Kier alpha value is -3.28. The number of rotatable bonds is 6. The quantitative estimate of drug-likeness (QED) is 0.782. The molecule has 6 heteroatoms. The number of carbonyl (C=O) groups is 2. The maximum Gasteiger partial charge on any atom is 0.244 e. The summed E-state index contributed by atoms with van der Waals surface area (Å²) < 4.78 is 11.6. The Morgan fingerprint density at radius 3 is 2.57 bits per heavy atom. The van der Waals surface area contributed by atoms with Crippen LogP contribution in [0, 0.1) is 0 Å². The molecule has 6 nitrogen and oxygen atoms in total. The molecule has 2 unspecified atom stereocenters. The average molecular weight is 380 g/mol.